The fourth-order valence-electron chi connectivity index (χ4n) is 5.52. The molecule has 0 radical (unpaired) electrons. The van der Waals surface area contributed by atoms with Crippen LogP contribution in [0.2, 0.25) is 0 Å². The number of sulfonamides is 1. The maximum Gasteiger partial charge on any atom is 0.314 e. The molecule has 3 heterocycles. The molecule has 1 saturated carbocycles. The topological polar surface area (TPSA) is 131 Å². The molecule has 11 nitrogen and oxygen atoms in total. The number of anilines is 1. The van der Waals surface area contributed by atoms with E-state index in [-0.39, 0.29) is 22.8 Å². The fraction of sp³-hybridized carbons (Fsp3) is 0.538. The minimum Gasteiger partial charge on any atom is -0.469 e. The number of piperazine rings is 1. The number of hydrogen-bond acceptors (Lipinski definition) is 10. The van der Waals surface area contributed by atoms with Crippen molar-refractivity contribution >= 4 is 32.7 Å². The number of methoxy groups -OCH3 is 1. The minimum atomic E-state index is -3.67. The molecule has 0 bridgehead atoms. The summed E-state index contributed by atoms with van der Waals surface area (Å²) in [5.74, 6) is 1.56. The van der Waals surface area contributed by atoms with E-state index in [0.29, 0.717) is 62.2 Å². The van der Waals surface area contributed by atoms with E-state index in [4.69, 9.17) is 19.2 Å². The van der Waals surface area contributed by atoms with Crippen LogP contribution in [0.15, 0.2) is 33.7 Å². The van der Waals surface area contributed by atoms with Gasteiger partial charge in [-0.1, -0.05) is 31.1 Å². The van der Waals surface area contributed by atoms with Gasteiger partial charge in [0.25, 0.3) is 0 Å². The Hall–Kier alpha value is -3.09. The Bertz CT molecular complexity index is 1440. The fourth-order valence-corrected chi connectivity index (χ4v) is 7.23. The number of para-hydroxylation sites is 1. The molecule has 1 aliphatic carbocycles. The normalized spacial score (nSPS) is 22.6. The molecular formula is C26H34N6O5S. The molecule has 2 aromatic heterocycles. The molecule has 1 unspecified atom stereocenters. The van der Waals surface area contributed by atoms with Gasteiger partial charge in [0.15, 0.2) is 5.76 Å². The van der Waals surface area contributed by atoms with Crippen molar-refractivity contribution in [3.8, 4) is 0 Å². The van der Waals surface area contributed by atoms with Crippen molar-refractivity contribution in [3.63, 3.8) is 0 Å². The number of rotatable bonds is 8. The number of hydrogen-bond donors (Lipinski definition) is 1. The zero-order chi connectivity index (χ0) is 27.2. The van der Waals surface area contributed by atoms with Crippen molar-refractivity contribution in [2.75, 3.05) is 38.6 Å². The number of carbonyl (C=O) groups excluding carboxylic acids is 1. The molecule has 204 valence electrons. The summed E-state index contributed by atoms with van der Waals surface area (Å²) in [6, 6.07) is 7.72. The van der Waals surface area contributed by atoms with Crippen molar-refractivity contribution < 1.29 is 22.5 Å². The van der Waals surface area contributed by atoms with Gasteiger partial charge >= 0.3 is 5.97 Å². The van der Waals surface area contributed by atoms with Gasteiger partial charge < -0.3 is 14.6 Å². The Morgan fingerprint density at radius 2 is 1.89 bits per heavy atom. The highest BCUT2D eigenvalue weighted by Crippen LogP contribution is 2.54. The highest BCUT2D eigenvalue weighted by Gasteiger charge is 2.63. The van der Waals surface area contributed by atoms with E-state index in [1.807, 2.05) is 38.1 Å². The molecule has 1 aliphatic heterocycles. The van der Waals surface area contributed by atoms with Crippen LogP contribution in [0, 0.1) is 25.2 Å². The van der Waals surface area contributed by atoms with E-state index in [0.717, 1.165) is 10.9 Å². The molecule has 5 rings (SSSR count). The van der Waals surface area contributed by atoms with Crippen LogP contribution in [-0.4, -0.2) is 78.0 Å². The highest BCUT2D eigenvalue weighted by molar-refractivity contribution is 7.89. The SMILES string of the molecule is COC(=O)C1(C(C)C)C[C@@H]1Nc1nc(CN2CCN(S(=O)(=O)c3c(C)noc3C)CC2)nc2ccccc12. The van der Waals surface area contributed by atoms with Crippen LogP contribution < -0.4 is 5.32 Å². The van der Waals surface area contributed by atoms with Gasteiger partial charge in [-0.3, -0.25) is 9.69 Å². The van der Waals surface area contributed by atoms with Crippen LogP contribution in [0.3, 0.4) is 0 Å². The number of fused-ring (bicyclic) bond motifs is 1. The minimum absolute atomic E-state index is 0.0702. The summed E-state index contributed by atoms with van der Waals surface area (Å²) in [4.78, 5) is 24.5. The van der Waals surface area contributed by atoms with Gasteiger partial charge in [0, 0.05) is 37.6 Å². The molecule has 38 heavy (non-hydrogen) atoms. The van der Waals surface area contributed by atoms with Gasteiger partial charge in [-0.25, -0.2) is 18.4 Å². The predicted molar refractivity (Wildman–Crippen MR) is 141 cm³/mol. The van der Waals surface area contributed by atoms with E-state index in [1.54, 1.807) is 13.8 Å². The second-order valence-corrected chi connectivity index (χ2v) is 12.3. The molecule has 2 atom stereocenters. The number of benzene rings is 1. The number of aromatic nitrogens is 3. The van der Waals surface area contributed by atoms with Gasteiger partial charge in [0.2, 0.25) is 10.0 Å². The van der Waals surface area contributed by atoms with Gasteiger partial charge in [0.05, 0.1) is 24.6 Å². The third-order valence-corrected chi connectivity index (χ3v) is 9.97. The summed E-state index contributed by atoms with van der Waals surface area (Å²) in [6.45, 7) is 9.60. The van der Waals surface area contributed by atoms with Crippen molar-refractivity contribution in [3.05, 3.63) is 41.5 Å². The number of carbonyl (C=O) groups is 1. The van der Waals surface area contributed by atoms with Gasteiger partial charge in [-0.2, -0.15) is 4.31 Å². The van der Waals surface area contributed by atoms with E-state index >= 15 is 0 Å². The highest BCUT2D eigenvalue weighted by atomic mass is 32.2. The molecule has 12 heteroatoms. The Morgan fingerprint density at radius 1 is 1.18 bits per heavy atom. The van der Waals surface area contributed by atoms with E-state index in [1.165, 1.54) is 11.4 Å². The number of esters is 1. The Kier molecular flexibility index (Phi) is 6.91. The lowest BCUT2D eigenvalue weighted by Crippen LogP contribution is -2.48. The molecule has 3 aromatic rings. The second-order valence-electron chi connectivity index (χ2n) is 10.4. The molecule has 2 aliphatic rings. The number of nitrogens with zero attached hydrogens (tertiary/aromatic N) is 5. The van der Waals surface area contributed by atoms with E-state index in [9.17, 15) is 13.2 Å². The first-order chi connectivity index (χ1) is 18.1. The lowest BCUT2D eigenvalue weighted by Gasteiger charge is -2.33. The summed E-state index contributed by atoms with van der Waals surface area (Å²) < 4.78 is 38.0. The largest absolute Gasteiger partial charge is 0.469 e. The first kappa shape index (κ1) is 26.5. The third-order valence-electron chi connectivity index (χ3n) is 7.82. The van der Waals surface area contributed by atoms with Crippen LogP contribution in [0.25, 0.3) is 10.9 Å². The van der Waals surface area contributed by atoms with Gasteiger partial charge in [-0.15, -0.1) is 0 Å². The van der Waals surface area contributed by atoms with E-state index < -0.39 is 15.4 Å². The van der Waals surface area contributed by atoms with Crippen LogP contribution in [-0.2, 0) is 26.1 Å². The Labute approximate surface area is 222 Å². The van der Waals surface area contributed by atoms with Gasteiger partial charge in [-0.05, 0) is 38.3 Å². The quantitative estimate of drug-likeness (QED) is 0.424. The summed E-state index contributed by atoms with van der Waals surface area (Å²) in [5.41, 5.74) is 0.622. The summed E-state index contributed by atoms with van der Waals surface area (Å²) >= 11 is 0. The summed E-state index contributed by atoms with van der Waals surface area (Å²) in [6.07, 6.45) is 0.687. The smallest absolute Gasteiger partial charge is 0.314 e. The van der Waals surface area contributed by atoms with Crippen LogP contribution in [0.5, 0.6) is 0 Å². The second kappa shape index (κ2) is 9.90. The molecule has 1 aromatic carbocycles. The number of nitrogens with one attached hydrogen (secondary N) is 1. The zero-order valence-corrected chi connectivity index (χ0v) is 23.2. The number of ether oxygens (including phenoxy) is 1. The standard InChI is InChI=1S/C26H34N6O5S/c1-16(2)26(25(33)36-5)14-21(26)28-24-19-8-6-7-9-20(19)27-22(29-24)15-31-10-12-32(13-11-31)38(34,35)23-17(3)30-37-18(23)4/h6-9,16,21H,10-15H2,1-5H3,(H,27,28,29)/t21-,26?/m0/s1. The first-order valence-electron chi connectivity index (χ1n) is 12.8. The van der Waals surface area contributed by atoms with Crippen molar-refractivity contribution in [1.29, 1.82) is 0 Å². The van der Waals surface area contributed by atoms with Crippen molar-refractivity contribution in [2.45, 2.75) is 51.6 Å². The molecule has 0 amide bonds. The predicted octanol–water partition coefficient (Wildman–Crippen LogP) is 2.74. The van der Waals surface area contributed by atoms with Crippen molar-refractivity contribution in [2.24, 2.45) is 11.3 Å². The summed E-state index contributed by atoms with van der Waals surface area (Å²) in [7, 11) is -2.24. The molecular weight excluding hydrogens is 508 g/mol. The molecule has 1 saturated heterocycles. The van der Waals surface area contributed by atoms with Crippen LogP contribution >= 0.6 is 0 Å². The van der Waals surface area contributed by atoms with Crippen LogP contribution in [0.1, 0.15) is 37.5 Å². The zero-order valence-electron chi connectivity index (χ0n) is 22.4. The molecule has 1 N–H and O–H groups in total. The van der Waals surface area contributed by atoms with Crippen molar-refractivity contribution in [1.82, 2.24) is 24.3 Å². The Balaban J connectivity index is 1.32. The maximum atomic E-state index is 13.2. The molecule has 2 fully saturated rings. The Morgan fingerprint density at radius 3 is 2.53 bits per heavy atom. The molecule has 0 spiro atoms. The van der Waals surface area contributed by atoms with Gasteiger partial charge in [0.1, 0.15) is 22.2 Å². The first-order valence-corrected chi connectivity index (χ1v) is 14.3. The number of aryl methyl sites for hydroxylation is 2. The lowest BCUT2D eigenvalue weighted by molar-refractivity contribution is -0.149. The lowest BCUT2D eigenvalue weighted by atomic mass is 9.91. The average molecular weight is 543 g/mol. The maximum absolute atomic E-state index is 13.2. The third kappa shape index (κ3) is 4.54. The van der Waals surface area contributed by atoms with Crippen LogP contribution in [0.4, 0.5) is 5.82 Å². The van der Waals surface area contributed by atoms with E-state index in [2.05, 4.69) is 15.4 Å². The average Bonchev–Trinajstić information content (AvgIpc) is 3.52. The summed E-state index contributed by atoms with van der Waals surface area (Å²) in [5, 5.41) is 8.19. The monoisotopic (exact) mass is 542 g/mol.